The summed E-state index contributed by atoms with van der Waals surface area (Å²) < 4.78 is 21.5. The van der Waals surface area contributed by atoms with Gasteiger partial charge in [0.2, 0.25) is 0 Å². The second kappa shape index (κ2) is 5.96. The lowest BCUT2D eigenvalue weighted by atomic mass is 10.1. The van der Waals surface area contributed by atoms with Gasteiger partial charge in [0.1, 0.15) is 12.2 Å². The number of hydrogen-bond acceptors (Lipinski definition) is 4. The Labute approximate surface area is 97.2 Å². The maximum Gasteiger partial charge on any atom is 0.104 e. The van der Waals surface area contributed by atoms with Crippen LogP contribution in [0.1, 0.15) is 26.7 Å². The molecule has 0 aromatic rings. The van der Waals surface area contributed by atoms with Gasteiger partial charge in [0.25, 0.3) is 0 Å². The standard InChI is InChI=1S/C12H22O4/c1-9(13-5-11-7-15-11)3-4-10(2)14-6-12-8-16-12/h9-12H,3-8H2,1-2H3. The molecule has 0 saturated carbocycles. The normalized spacial score (nSPS) is 31.1. The van der Waals surface area contributed by atoms with Crippen molar-refractivity contribution in [2.45, 2.75) is 51.1 Å². The van der Waals surface area contributed by atoms with Crippen molar-refractivity contribution in [3.63, 3.8) is 0 Å². The average molecular weight is 230 g/mol. The van der Waals surface area contributed by atoms with Crippen LogP contribution < -0.4 is 0 Å². The van der Waals surface area contributed by atoms with E-state index in [4.69, 9.17) is 18.9 Å². The molecule has 4 nitrogen and oxygen atoms in total. The fourth-order valence-corrected chi connectivity index (χ4v) is 1.51. The van der Waals surface area contributed by atoms with Crippen molar-refractivity contribution < 1.29 is 18.9 Å². The minimum Gasteiger partial charge on any atom is -0.376 e. The first-order chi connectivity index (χ1) is 7.74. The van der Waals surface area contributed by atoms with Crippen LogP contribution in [0.15, 0.2) is 0 Å². The van der Waals surface area contributed by atoms with Crippen LogP contribution in [0.2, 0.25) is 0 Å². The molecule has 2 saturated heterocycles. The molecule has 0 spiro atoms. The van der Waals surface area contributed by atoms with E-state index in [1.807, 2.05) is 0 Å². The fourth-order valence-electron chi connectivity index (χ4n) is 1.51. The molecule has 0 aromatic heterocycles. The van der Waals surface area contributed by atoms with Crippen molar-refractivity contribution in [3.8, 4) is 0 Å². The van der Waals surface area contributed by atoms with E-state index in [2.05, 4.69) is 13.8 Å². The maximum absolute atomic E-state index is 5.65. The van der Waals surface area contributed by atoms with Crippen LogP contribution in [0.5, 0.6) is 0 Å². The highest BCUT2D eigenvalue weighted by molar-refractivity contribution is 4.70. The largest absolute Gasteiger partial charge is 0.376 e. The van der Waals surface area contributed by atoms with Gasteiger partial charge in [0, 0.05) is 0 Å². The average Bonchev–Trinajstić information content (AvgIpc) is 3.15. The zero-order valence-electron chi connectivity index (χ0n) is 10.2. The Balaban J connectivity index is 1.44. The van der Waals surface area contributed by atoms with E-state index in [9.17, 15) is 0 Å². The van der Waals surface area contributed by atoms with Gasteiger partial charge in [-0.15, -0.1) is 0 Å². The lowest BCUT2D eigenvalue weighted by Gasteiger charge is -2.16. The predicted octanol–water partition coefficient (Wildman–Crippen LogP) is 1.37. The molecule has 2 heterocycles. The molecule has 4 atom stereocenters. The van der Waals surface area contributed by atoms with Gasteiger partial charge in [-0.05, 0) is 26.7 Å². The van der Waals surface area contributed by atoms with E-state index in [0.717, 1.165) is 39.3 Å². The van der Waals surface area contributed by atoms with Crippen LogP contribution in [0.4, 0.5) is 0 Å². The lowest BCUT2D eigenvalue weighted by molar-refractivity contribution is 0.0165. The molecule has 0 amide bonds. The Hall–Kier alpha value is -0.160. The van der Waals surface area contributed by atoms with E-state index >= 15 is 0 Å². The zero-order chi connectivity index (χ0) is 11.4. The highest BCUT2D eigenvalue weighted by Crippen LogP contribution is 2.14. The molecular weight excluding hydrogens is 208 g/mol. The van der Waals surface area contributed by atoms with Crippen molar-refractivity contribution >= 4 is 0 Å². The molecule has 2 aliphatic heterocycles. The lowest BCUT2D eigenvalue weighted by Crippen LogP contribution is -2.17. The summed E-state index contributed by atoms with van der Waals surface area (Å²) in [6.45, 7) is 7.44. The van der Waals surface area contributed by atoms with Crippen LogP contribution >= 0.6 is 0 Å². The van der Waals surface area contributed by atoms with E-state index in [1.165, 1.54) is 0 Å². The predicted molar refractivity (Wildman–Crippen MR) is 59.5 cm³/mol. The number of ether oxygens (including phenoxy) is 4. The molecule has 2 rings (SSSR count). The van der Waals surface area contributed by atoms with E-state index in [1.54, 1.807) is 0 Å². The molecular formula is C12H22O4. The van der Waals surface area contributed by atoms with Crippen LogP contribution in [-0.4, -0.2) is 50.8 Å². The summed E-state index contributed by atoms with van der Waals surface area (Å²) in [6.07, 6.45) is 3.41. The van der Waals surface area contributed by atoms with Gasteiger partial charge < -0.3 is 18.9 Å². The van der Waals surface area contributed by atoms with Gasteiger partial charge >= 0.3 is 0 Å². The van der Waals surface area contributed by atoms with Gasteiger partial charge in [-0.25, -0.2) is 0 Å². The first-order valence-corrected chi connectivity index (χ1v) is 6.20. The molecule has 4 unspecified atom stereocenters. The summed E-state index contributed by atoms with van der Waals surface area (Å²) in [5, 5.41) is 0. The van der Waals surface area contributed by atoms with Crippen LogP contribution in [0.25, 0.3) is 0 Å². The van der Waals surface area contributed by atoms with Crippen molar-refractivity contribution in [2.75, 3.05) is 26.4 Å². The minimum absolute atomic E-state index is 0.299. The summed E-state index contributed by atoms with van der Waals surface area (Å²) in [4.78, 5) is 0. The van der Waals surface area contributed by atoms with Gasteiger partial charge in [-0.1, -0.05) is 0 Å². The molecule has 0 aliphatic carbocycles. The summed E-state index contributed by atoms with van der Waals surface area (Å²) in [6, 6.07) is 0. The second-order valence-corrected chi connectivity index (χ2v) is 4.78. The molecule has 94 valence electrons. The van der Waals surface area contributed by atoms with Crippen LogP contribution in [0.3, 0.4) is 0 Å². The zero-order valence-corrected chi connectivity index (χ0v) is 10.2. The Morgan fingerprint density at radius 1 is 0.938 bits per heavy atom. The number of rotatable bonds is 9. The Morgan fingerprint density at radius 2 is 1.31 bits per heavy atom. The highest BCUT2D eigenvalue weighted by Gasteiger charge is 2.24. The first-order valence-electron chi connectivity index (χ1n) is 6.20. The van der Waals surface area contributed by atoms with Crippen molar-refractivity contribution in [3.05, 3.63) is 0 Å². The molecule has 0 N–H and O–H groups in total. The molecule has 2 aliphatic rings. The summed E-state index contributed by atoms with van der Waals surface area (Å²) in [7, 11) is 0. The maximum atomic E-state index is 5.65. The molecule has 0 radical (unpaired) electrons. The molecule has 16 heavy (non-hydrogen) atoms. The topological polar surface area (TPSA) is 43.5 Å². The number of epoxide rings is 2. The second-order valence-electron chi connectivity index (χ2n) is 4.78. The fraction of sp³-hybridized carbons (Fsp3) is 1.00. The van der Waals surface area contributed by atoms with Crippen molar-refractivity contribution in [2.24, 2.45) is 0 Å². The third-order valence-electron chi connectivity index (χ3n) is 2.92. The summed E-state index contributed by atoms with van der Waals surface area (Å²) in [5.74, 6) is 0. The van der Waals surface area contributed by atoms with Crippen molar-refractivity contribution in [1.82, 2.24) is 0 Å². The Morgan fingerprint density at radius 3 is 1.62 bits per heavy atom. The summed E-state index contributed by atoms with van der Waals surface area (Å²) in [5.41, 5.74) is 0. The molecule has 0 bridgehead atoms. The molecule has 2 fully saturated rings. The van der Waals surface area contributed by atoms with Gasteiger partial charge in [0.15, 0.2) is 0 Å². The van der Waals surface area contributed by atoms with Crippen molar-refractivity contribution in [1.29, 1.82) is 0 Å². The summed E-state index contributed by atoms with van der Waals surface area (Å²) >= 11 is 0. The van der Waals surface area contributed by atoms with Crippen LogP contribution in [-0.2, 0) is 18.9 Å². The smallest absolute Gasteiger partial charge is 0.104 e. The van der Waals surface area contributed by atoms with Gasteiger partial charge in [0.05, 0.1) is 38.6 Å². The third kappa shape index (κ3) is 5.25. The highest BCUT2D eigenvalue weighted by atomic mass is 16.6. The SMILES string of the molecule is CC(CCC(C)OCC1CO1)OCC1CO1. The van der Waals surface area contributed by atoms with E-state index in [0.29, 0.717) is 24.4 Å². The van der Waals surface area contributed by atoms with E-state index in [-0.39, 0.29) is 0 Å². The quantitative estimate of drug-likeness (QED) is 0.561. The van der Waals surface area contributed by atoms with Gasteiger partial charge in [-0.3, -0.25) is 0 Å². The number of hydrogen-bond donors (Lipinski definition) is 0. The molecule has 4 heteroatoms. The minimum atomic E-state index is 0.299. The van der Waals surface area contributed by atoms with Gasteiger partial charge in [-0.2, -0.15) is 0 Å². The third-order valence-corrected chi connectivity index (χ3v) is 2.92. The monoisotopic (exact) mass is 230 g/mol. The Kier molecular flexibility index (Phi) is 4.58. The van der Waals surface area contributed by atoms with Crippen LogP contribution in [0, 0.1) is 0 Å². The van der Waals surface area contributed by atoms with E-state index < -0.39 is 0 Å². The molecule has 0 aromatic carbocycles. The first kappa shape index (κ1) is 12.3. The Bertz CT molecular complexity index is 179.